The molecule has 0 radical (unpaired) electrons. The van der Waals surface area contributed by atoms with Crippen LogP contribution in [0.25, 0.3) is 11.3 Å². The van der Waals surface area contributed by atoms with Crippen LogP contribution in [0.1, 0.15) is 12.5 Å². The zero-order valence-electron chi connectivity index (χ0n) is 16.6. The molecule has 0 unspecified atom stereocenters. The first-order valence-corrected chi connectivity index (χ1v) is 10.2. The van der Waals surface area contributed by atoms with Gasteiger partial charge in [-0.05, 0) is 36.2 Å². The SMILES string of the molecule is CCc1ccc(-c2ccc(SCC(=O)Nc3ccc(OC)cc3OC)nn2)cc1. The molecular formula is C22H23N3O3S. The molecule has 0 aliphatic rings. The van der Waals surface area contributed by atoms with Crippen molar-refractivity contribution < 1.29 is 14.3 Å². The Kier molecular flexibility index (Phi) is 7.08. The highest BCUT2D eigenvalue weighted by atomic mass is 32.2. The maximum Gasteiger partial charge on any atom is 0.234 e. The van der Waals surface area contributed by atoms with Crippen molar-refractivity contribution in [3.8, 4) is 22.8 Å². The van der Waals surface area contributed by atoms with Crippen LogP contribution in [-0.4, -0.2) is 36.1 Å². The molecule has 2 aromatic carbocycles. The lowest BCUT2D eigenvalue weighted by atomic mass is 10.1. The number of rotatable bonds is 8. The van der Waals surface area contributed by atoms with Gasteiger partial charge in [-0.15, -0.1) is 10.2 Å². The minimum atomic E-state index is -0.153. The maximum absolute atomic E-state index is 12.3. The molecule has 0 spiro atoms. The van der Waals surface area contributed by atoms with Crippen LogP contribution in [0.5, 0.6) is 11.5 Å². The van der Waals surface area contributed by atoms with E-state index in [1.54, 1.807) is 32.4 Å². The van der Waals surface area contributed by atoms with Crippen LogP contribution in [-0.2, 0) is 11.2 Å². The molecule has 7 heteroatoms. The van der Waals surface area contributed by atoms with E-state index in [1.165, 1.54) is 17.3 Å². The van der Waals surface area contributed by atoms with E-state index in [0.29, 0.717) is 22.2 Å². The Morgan fingerprint density at radius 3 is 2.41 bits per heavy atom. The van der Waals surface area contributed by atoms with Gasteiger partial charge < -0.3 is 14.8 Å². The zero-order valence-corrected chi connectivity index (χ0v) is 17.5. The Bertz CT molecular complexity index is 960. The van der Waals surface area contributed by atoms with Crippen molar-refractivity contribution in [2.75, 3.05) is 25.3 Å². The van der Waals surface area contributed by atoms with Crippen LogP contribution in [0.3, 0.4) is 0 Å². The molecule has 1 aromatic heterocycles. The Morgan fingerprint density at radius 2 is 1.79 bits per heavy atom. The molecule has 0 saturated carbocycles. The van der Waals surface area contributed by atoms with Crippen molar-refractivity contribution in [1.82, 2.24) is 10.2 Å². The standard InChI is InChI=1S/C22H23N3O3S/c1-4-15-5-7-16(8-6-15)18-11-12-22(25-24-18)29-14-21(26)23-19-10-9-17(27-2)13-20(19)28-3/h5-13H,4,14H2,1-3H3,(H,23,26). The van der Waals surface area contributed by atoms with E-state index in [2.05, 4.69) is 34.6 Å². The van der Waals surface area contributed by atoms with Gasteiger partial charge >= 0.3 is 0 Å². The van der Waals surface area contributed by atoms with Gasteiger partial charge in [0.25, 0.3) is 0 Å². The number of nitrogens with zero attached hydrogens (tertiary/aromatic N) is 2. The number of ether oxygens (including phenoxy) is 2. The van der Waals surface area contributed by atoms with E-state index in [0.717, 1.165) is 17.7 Å². The second-order valence-electron chi connectivity index (χ2n) is 6.21. The van der Waals surface area contributed by atoms with E-state index in [-0.39, 0.29) is 11.7 Å². The summed E-state index contributed by atoms with van der Waals surface area (Å²) in [5.41, 5.74) is 3.71. The summed E-state index contributed by atoms with van der Waals surface area (Å²) in [4.78, 5) is 12.3. The summed E-state index contributed by atoms with van der Waals surface area (Å²) in [6.45, 7) is 2.13. The first-order valence-electron chi connectivity index (χ1n) is 9.20. The molecule has 150 valence electrons. The summed E-state index contributed by atoms with van der Waals surface area (Å²) in [5, 5.41) is 12.0. The zero-order chi connectivity index (χ0) is 20.6. The molecular weight excluding hydrogens is 386 g/mol. The molecule has 0 fully saturated rings. The van der Waals surface area contributed by atoms with Crippen LogP contribution in [0.15, 0.2) is 59.6 Å². The van der Waals surface area contributed by atoms with Crippen LogP contribution >= 0.6 is 11.8 Å². The number of benzene rings is 2. The van der Waals surface area contributed by atoms with Gasteiger partial charge in [0.1, 0.15) is 16.5 Å². The fraction of sp³-hybridized carbons (Fsp3) is 0.227. The number of aromatic nitrogens is 2. The summed E-state index contributed by atoms with van der Waals surface area (Å²) in [6, 6.07) is 17.3. The van der Waals surface area contributed by atoms with E-state index >= 15 is 0 Å². The molecule has 6 nitrogen and oxygen atoms in total. The molecule has 29 heavy (non-hydrogen) atoms. The topological polar surface area (TPSA) is 73.3 Å². The predicted molar refractivity (Wildman–Crippen MR) is 116 cm³/mol. The summed E-state index contributed by atoms with van der Waals surface area (Å²) in [6.07, 6.45) is 1.01. The average molecular weight is 410 g/mol. The lowest BCUT2D eigenvalue weighted by Gasteiger charge is -2.11. The number of hydrogen-bond acceptors (Lipinski definition) is 6. The highest BCUT2D eigenvalue weighted by Gasteiger charge is 2.10. The number of amides is 1. The summed E-state index contributed by atoms with van der Waals surface area (Å²) >= 11 is 1.33. The molecule has 0 atom stereocenters. The number of aryl methyl sites for hydroxylation is 1. The average Bonchev–Trinajstić information content (AvgIpc) is 2.78. The van der Waals surface area contributed by atoms with Crippen LogP contribution in [0, 0.1) is 0 Å². The minimum Gasteiger partial charge on any atom is -0.497 e. The monoisotopic (exact) mass is 409 g/mol. The third-order valence-electron chi connectivity index (χ3n) is 4.33. The van der Waals surface area contributed by atoms with E-state index in [4.69, 9.17) is 9.47 Å². The highest BCUT2D eigenvalue weighted by molar-refractivity contribution is 7.99. The minimum absolute atomic E-state index is 0.153. The normalized spacial score (nSPS) is 10.4. The number of anilines is 1. The van der Waals surface area contributed by atoms with Crippen LogP contribution in [0.2, 0.25) is 0 Å². The second-order valence-corrected chi connectivity index (χ2v) is 7.21. The highest BCUT2D eigenvalue weighted by Crippen LogP contribution is 2.29. The van der Waals surface area contributed by atoms with Gasteiger partial charge in [0.15, 0.2) is 0 Å². The Labute approximate surface area is 174 Å². The molecule has 1 heterocycles. The molecule has 0 bridgehead atoms. The molecule has 0 aliphatic heterocycles. The lowest BCUT2D eigenvalue weighted by molar-refractivity contribution is -0.113. The summed E-state index contributed by atoms with van der Waals surface area (Å²) in [7, 11) is 3.13. The van der Waals surface area contributed by atoms with Gasteiger partial charge in [0.2, 0.25) is 5.91 Å². The predicted octanol–water partition coefficient (Wildman–Crippen LogP) is 4.45. The third-order valence-corrected chi connectivity index (χ3v) is 5.25. The fourth-order valence-corrected chi connectivity index (χ4v) is 3.30. The van der Waals surface area contributed by atoms with Crippen molar-refractivity contribution >= 4 is 23.4 Å². The van der Waals surface area contributed by atoms with Gasteiger partial charge in [0, 0.05) is 11.6 Å². The first kappa shape index (κ1) is 20.7. The number of carbonyl (C=O) groups is 1. The quantitative estimate of drug-likeness (QED) is 0.554. The van der Waals surface area contributed by atoms with Gasteiger partial charge in [-0.3, -0.25) is 4.79 Å². The molecule has 0 saturated heterocycles. The lowest BCUT2D eigenvalue weighted by Crippen LogP contribution is -2.14. The number of methoxy groups -OCH3 is 2. The van der Waals surface area contributed by atoms with Crippen molar-refractivity contribution in [3.63, 3.8) is 0 Å². The van der Waals surface area contributed by atoms with E-state index in [1.807, 2.05) is 24.3 Å². The number of hydrogen-bond donors (Lipinski definition) is 1. The largest absolute Gasteiger partial charge is 0.497 e. The molecule has 3 aromatic rings. The number of nitrogens with one attached hydrogen (secondary N) is 1. The van der Waals surface area contributed by atoms with E-state index < -0.39 is 0 Å². The maximum atomic E-state index is 12.3. The summed E-state index contributed by atoms with van der Waals surface area (Å²) in [5.74, 6) is 1.27. The molecule has 0 aliphatic carbocycles. The van der Waals surface area contributed by atoms with Crippen LogP contribution < -0.4 is 14.8 Å². The summed E-state index contributed by atoms with van der Waals surface area (Å²) < 4.78 is 10.5. The van der Waals surface area contributed by atoms with Crippen molar-refractivity contribution in [1.29, 1.82) is 0 Å². The molecule has 1 N–H and O–H groups in total. The van der Waals surface area contributed by atoms with Crippen molar-refractivity contribution in [2.24, 2.45) is 0 Å². The van der Waals surface area contributed by atoms with E-state index in [9.17, 15) is 4.79 Å². The smallest absolute Gasteiger partial charge is 0.234 e. The molecule has 1 amide bonds. The van der Waals surface area contributed by atoms with Crippen molar-refractivity contribution in [3.05, 3.63) is 60.2 Å². The first-order chi connectivity index (χ1) is 14.1. The Balaban J connectivity index is 1.57. The number of thioether (sulfide) groups is 1. The fourth-order valence-electron chi connectivity index (χ4n) is 2.69. The Morgan fingerprint density at radius 1 is 1.00 bits per heavy atom. The number of carbonyl (C=O) groups excluding carboxylic acids is 1. The van der Waals surface area contributed by atoms with Crippen LogP contribution in [0.4, 0.5) is 5.69 Å². The van der Waals surface area contributed by atoms with Gasteiger partial charge in [-0.25, -0.2) is 0 Å². The van der Waals surface area contributed by atoms with Gasteiger partial charge in [-0.2, -0.15) is 0 Å². The Hall–Kier alpha value is -3.06. The third kappa shape index (κ3) is 5.48. The molecule has 3 rings (SSSR count). The van der Waals surface area contributed by atoms with Crippen molar-refractivity contribution in [2.45, 2.75) is 18.4 Å². The second kappa shape index (κ2) is 9.93. The van der Waals surface area contributed by atoms with Gasteiger partial charge in [0.05, 0.1) is 31.4 Å². The van der Waals surface area contributed by atoms with Gasteiger partial charge in [-0.1, -0.05) is 43.0 Å².